The van der Waals surface area contributed by atoms with Crippen molar-refractivity contribution >= 4 is 23.0 Å². The molecule has 0 radical (unpaired) electrons. The zero-order chi connectivity index (χ0) is 14.7. The Morgan fingerprint density at radius 1 is 1.29 bits per heavy atom. The number of carbonyl (C=O) groups excluding carboxylic acids is 2. The fourth-order valence-electron chi connectivity index (χ4n) is 2.10. The van der Waals surface area contributed by atoms with Crippen LogP contribution in [0.4, 0.5) is 0 Å². The highest BCUT2D eigenvalue weighted by Crippen LogP contribution is 2.14. The Balaban J connectivity index is 1.59. The normalized spacial score (nSPS) is 15.1. The number of benzene rings is 1. The molecule has 1 fully saturated rings. The maximum Gasteiger partial charge on any atom is 0.338 e. The number of fused-ring (bicyclic) bond motifs is 1. The monoisotopic (exact) mass is 290 g/mol. The van der Waals surface area contributed by atoms with Crippen molar-refractivity contribution in [1.82, 2.24) is 9.88 Å². The molecule has 1 aliphatic heterocycles. The molecular weight excluding hydrogens is 276 g/mol. The van der Waals surface area contributed by atoms with Crippen molar-refractivity contribution in [2.45, 2.75) is 0 Å². The van der Waals surface area contributed by atoms with Gasteiger partial charge in [0, 0.05) is 13.1 Å². The average molecular weight is 290 g/mol. The molecule has 110 valence electrons. The van der Waals surface area contributed by atoms with E-state index >= 15 is 0 Å². The minimum atomic E-state index is -0.554. The molecule has 1 aliphatic rings. The SMILES string of the molecule is O=C(OCC(=O)N1CCOCC1)c1ccc2ocnc2c1. The van der Waals surface area contributed by atoms with Crippen LogP contribution in [-0.2, 0) is 14.3 Å². The first-order chi connectivity index (χ1) is 10.2. The summed E-state index contributed by atoms with van der Waals surface area (Å²) in [7, 11) is 0. The van der Waals surface area contributed by atoms with E-state index in [2.05, 4.69) is 4.98 Å². The van der Waals surface area contributed by atoms with Crippen LogP contribution in [0.5, 0.6) is 0 Å². The largest absolute Gasteiger partial charge is 0.452 e. The molecule has 1 amide bonds. The van der Waals surface area contributed by atoms with Crippen LogP contribution >= 0.6 is 0 Å². The van der Waals surface area contributed by atoms with Gasteiger partial charge in [-0.3, -0.25) is 4.79 Å². The van der Waals surface area contributed by atoms with E-state index in [1.165, 1.54) is 6.39 Å². The number of amides is 1. The van der Waals surface area contributed by atoms with Gasteiger partial charge >= 0.3 is 5.97 Å². The number of esters is 1. The van der Waals surface area contributed by atoms with Crippen molar-refractivity contribution < 1.29 is 23.5 Å². The zero-order valence-corrected chi connectivity index (χ0v) is 11.3. The summed E-state index contributed by atoms with van der Waals surface area (Å²) in [6, 6.07) is 4.79. The predicted octanol–water partition coefficient (Wildman–Crippen LogP) is 0.843. The van der Waals surface area contributed by atoms with Gasteiger partial charge in [0.15, 0.2) is 18.6 Å². The number of nitrogens with zero attached hydrogens (tertiary/aromatic N) is 2. The molecule has 1 saturated heterocycles. The molecule has 0 aliphatic carbocycles. The van der Waals surface area contributed by atoms with E-state index in [4.69, 9.17) is 13.9 Å². The molecule has 1 aromatic carbocycles. The second kappa shape index (κ2) is 5.92. The Morgan fingerprint density at radius 2 is 2.10 bits per heavy atom. The molecule has 3 rings (SSSR count). The number of oxazole rings is 1. The summed E-state index contributed by atoms with van der Waals surface area (Å²) in [5.74, 6) is -0.768. The highest BCUT2D eigenvalue weighted by Gasteiger charge is 2.19. The first-order valence-electron chi connectivity index (χ1n) is 6.60. The summed E-state index contributed by atoms with van der Waals surface area (Å²) in [6.07, 6.45) is 1.31. The van der Waals surface area contributed by atoms with Crippen molar-refractivity contribution in [2.75, 3.05) is 32.9 Å². The Hall–Kier alpha value is -2.41. The van der Waals surface area contributed by atoms with Crippen LogP contribution in [0.25, 0.3) is 11.1 Å². The molecule has 7 heteroatoms. The van der Waals surface area contributed by atoms with E-state index in [-0.39, 0.29) is 12.5 Å². The van der Waals surface area contributed by atoms with E-state index in [1.54, 1.807) is 23.1 Å². The van der Waals surface area contributed by atoms with Crippen molar-refractivity contribution in [1.29, 1.82) is 0 Å². The molecule has 0 unspecified atom stereocenters. The lowest BCUT2D eigenvalue weighted by molar-refractivity contribution is -0.138. The smallest absolute Gasteiger partial charge is 0.338 e. The van der Waals surface area contributed by atoms with E-state index in [1.807, 2.05) is 0 Å². The van der Waals surface area contributed by atoms with Gasteiger partial charge in [-0.25, -0.2) is 9.78 Å². The Labute approximate surface area is 120 Å². The number of hydrogen-bond acceptors (Lipinski definition) is 6. The Morgan fingerprint density at radius 3 is 2.90 bits per heavy atom. The fourth-order valence-corrected chi connectivity index (χ4v) is 2.10. The van der Waals surface area contributed by atoms with Crippen LogP contribution in [0, 0.1) is 0 Å². The third-order valence-corrected chi connectivity index (χ3v) is 3.26. The number of ether oxygens (including phenoxy) is 2. The molecule has 0 bridgehead atoms. The summed E-state index contributed by atoms with van der Waals surface area (Å²) in [5.41, 5.74) is 1.51. The lowest BCUT2D eigenvalue weighted by Gasteiger charge is -2.26. The van der Waals surface area contributed by atoms with Crippen LogP contribution in [0.15, 0.2) is 29.0 Å². The summed E-state index contributed by atoms with van der Waals surface area (Å²) in [6.45, 7) is 1.82. The maximum atomic E-state index is 11.9. The molecule has 21 heavy (non-hydrogen) atoms. The molecule has 0 atom stereocenters. The highest BCUT2D eigenvalue weighted by atomic mass is 16.5. The van der Waals surface area contributed by atoms with Gasteiger partial charge in [0.1, 0.15) is 5.52 Å². The molecule has 0 saturated carbocycles. The minimum absolute atomic E-state index is 0.214. The molecule has 1 aromatic heterocycles. The van der Waals surface area contributed by atoms with Crippen molar-refractivity contribution in [3.05, 3.63) is 30.2 Å². The van der Waals surface area contributed by atoms with E-state index in [0.29, 0.717) is 43.0 Å². The molecule has 7 nitrogen and oxygen atoms in total. The number of rotatable bonds is 3. The van der Waals surface area contributed by atoms with Gasteiger partial charge in [-0.2, -0.15) is 0 Å². The number of carbonyl (C=O) groups is 2. The second-order valence-electron chi connectivity index (χ2n) is 4.60. The van der Waals surface area contributed by atoms with Crippen LogP contribution in [0.3, 0.4) is 0 Å². The summed E-state index contributed by atoms with van der Waals surface area (Å²) >= 11 is 0. The highest BCUT2D eigenvalue weighted by molar-refractivity contribution is 5.94. The maximum absolute atomic E-state index is 11.9. The first kappa shape index (κ1) is 13.6. The average Bonchev–Trinajstić information content (AvgIpc) is 3.00. The first-order valence-corrected chi connectivity index (χ1v) is 6.60. The molecule has 2 aromatic rings. The number of aromatic nitrogens is 1. The van der Waals surface area contributed by atoms with Crippen LogP contribution in [0.1, 0.15) is 10.4 Å². The van der Waals surface area contributed by atoms with E-state index in [9.17, 15) is 9.59 Å². The number of hydrogen-bond donors (Lipinski definition) is 0. The van der Waals surface area contributed by atoms with Crippen LogP contribution in [-0.4, -0.2) is 54.7 Å². The zero-order valence-electron chi connectivity index (χ0n) is 11.3. The fraction of sp³-hybridized carbons (Fsp3) is 0.357. The lowest BCUT2D eigenvalue weighted by Crippen LogP contribution is -2.42. The van der Waals surface area contributed by atoms with Gasteiger partial charge in [-0.15, -0.1) is 0 Å². The Kier molecular flexibility index (Phi) is 3.83. The van der Waals surface area contributed by atoms with Gasteiger partial charge in [-0.1, -0.05) is 0 Å². The van der Waals surface area contributed by atoms with Crippen LogP contribution in [0.2, 0.25) is 0 Å². The quantitative estimate of drug-likeness (QED) is 0.779. The lowest BCUT2D eigenvalue weighted by atomic mass is 10.2. The van der Waals surface area contributed by atoms with E-state index < -0.39 is 5.97 Å². The third-order valence-electron chi connectivity index (χ3n) is 3.26. The molecular formula is C14H14N2O5. The standard InChI is InChI=1S/C14H14N2O5/c17-13(16-3-5-19-6-4-16)8-20-14(18)10-1-2-12-11(7-10)15-9-21-12/h1-2,7,9H,3-6,8H2. The molecule has 0 spiro atoms. The van der Waals surface area contributed by atoms with Crippen LogP contribution < -0.4 is 0 Å². The summed E-state index contributed by atoms with van der Waals surface area (Å²) in [5, 5.41) is 0. The minimum Gasteiger partial charge on any atom is -0.452 e. The van der Waals surface area contributed by atoms with Crippen molar-refractivity contribution in [3.8, 4) is 0 Å². The summed E-state index contributed by atoms with van der Waals surface area (Å²) < 4.78 is 15.3. The topological polar surface area (TPSA) is 81.9 Å². The Bertz CT molecular complexity index is 660. The van der Waals surface area contributed by atoms with Gasteiger partial charge in [-0.05, 0) is 18.2 Å². The van der Waals surface area contributed by atoms with Gasteiger partial charge in [0.25, 0.3) is 5.91 Å². The summed E-state index contributed by atoms with van der Waals surface area (Å²) in [4.78, 5) is 29.4. The second-order valence-corrected chi connectivity index (χ2v) is 4.60. The number of morpholine rings is 1. The molecule has 0 N–H and O–H groups in total. The van der Waals surface area contributed by atoms with Gasteiger partial charge in [0.2, 0.25) is 0 Å². The third kappa shape index (κ3) is 3.03. The van der Waals surface area contributed by atoms with Crippen molar-refractivity contribution in [3.63, 3.8) is 0 Å². The van der Waals surface area contributed by atoms with Gasteiger partial charge in [0.05, 0.1) is 18.8 Å². The predicted molar refractivity (Wildman–Crippen MR) is 71.7 cm³/mol. The van der Waals surface area contributed by atoms with Crippen molar-refractivity contribution in [2.24, 2.45) is 0 Å². The molecule has 2 heterocycles. The van der Waals surface area contributed by atoms with E-state index in [0.717, 1.165) is 0 Å². The van der Waals surface area contributed by atoms with Gasteiger partial charge < -0.3 is 18.8 Å².